The Morgan fingerprint density at radius 3 is 2.25 bits per heavy atom. The molecule has 0 aromatic heterocycles. The summed E-state index contributed by atoms with van der Waals surface area (Å²) in [6, 6.07) is 0. The minimum absolute atomic E-state index is 0.00603. The lowest BCUT2D eigenvalue weighted by atomic mass is 9.91. The molecule has 1 heterocycles. The van der Waals surface area contributed by atoms with Crippen molar-refractivity contribution in [2.24, 2.45) is 0 Å². The Morgan fingerprint density at radius 2 is 1.75 bits per heavy atom. The normalized spacial score (nSPS) is 16.4. The van der Waals surface area contributed by atoms with Crippen LogP contribution in [0.15, 0.2) is 11.8 Å². The van der Waals surface area contributed by atoms with Crippen molar-refractivity contribution in [3.63, 3.8) is 0 Å². The molecule has 1 fully saturated rings. The molecule has 0 bridgehead atoms. The van der Waals surface area contributed by atoms with Gasteiger partial charge < -0.3 is 29.5 Å². The van der Waals surface area contributed by atoms with Crippen molar-refractivity contribution in [2.75, 3.05) is 53.6 Å². The van der Waals surface area contributed by atoms with Crippen LogP contribution in [0.4, 0.5) is 0 Å². The Kier molecular flexibility index (Phi) is 11.0. The predicted octanol–water partition coefficient (Wildman–Crippen LogP) is -0.855. The van der Waals surface area contributed by atoms with Gasteiger partial charge in [-0.25, -0.2) is 9.59 Å². The first-order valence-corrected chi connectivity index (χ1v) is 11.5. The summed E-state index contributed by atoms with van der Waals surface area (Å²) in [4.78, 5) is 29.6. The summed E-state index contributed by atoms with van der Waals surface area (Å²) < 4.78 is 42.4. The number of ether oxygens (including phenoxy) is 3. The molecule has 0 spiro atoms. The largest absolute Gasteiger partial charge is 0.463 e. The Balaban J connectivity index is 3.48. The molecule has 0 aliphatic carbocycles. The zero-order valence-electron chi connectivity index (χ0n) is 18.8. The molecule has 1 saturated heterocycles. The van der Waals surface area contributed by atoms with Crippen LogP contribution in [0, 0.1) is 5.41 Å². The van der Waals surface area contributed by atoms with Crippen molar-refractivity contribution in [3.8, 4) is 0 Å². The van der Waals surface area contributed by atoms with Gasteiger partial charge in [-0.05, 0) is 39.8 Å². The standard InChI is InChI=1S/C18H32N4O9S/c1-5-28-15(24)13-14(16(25)29-6-2)31-22(32(26,27)21(3)4)17(19)18(30-12-11-23)7-9-20-10-8-18/h13,19-20,23H,5-12H2,1-4H3. The number of nitrogens with one attached hydrogen (secondary N) is 2. The second-order valence-electron chi connectivity index (χ2n) is 6.75. The fourth-order valence-electron chi connectivity index (χ4n) is 2.75. The average Bonchev–Trinajstić information content (AvgIpc) is 2.75. The lowest BCUT2D eigenvalue weighted by Gasteiger charge is -2.40. The van der Waals surface area contributed by atoms with Gasteiger partial charge >= 0.3 is 22.1 Å². The van der Waals surface area contributed by atoms with Gasteiger partial charge in [-0.1, -0.05) is 4.47 Å². The van der Waals surface area contributed by atoms with Crippen LogP contribution < -0.4 is 5.32 Å². The highest BCUT2D eigenvalue weighted by Crippen LogP contribution is 2.29. The maximum atomic E-state index is 13.0. The highest BCUT2D eigenvalue weighted by atomic mass is 32.2. The maximum Gasteiger partial charge on any atom is 0.377 e. The average molecular weight is 481 g/mol. The minimum Gasteiger partial charge on any atom is -0.463 e. The molecule has 0 atom stereocenters. The van der Waals surface area contributed by atoms with E-state index in [4.69, 9.17) is 24.5 Å². The van der Waals surface area contributed by atoms with Gasteiger partial charge in [-0.3, -0.25) is 5.41 Å². The first-order valence-electron chi connectivity index (χ1n) is 10.1. The summed E-state index contributed by atoms with van der Waals surface area (Å²) in [6.45, 7) is 3.32. The number of carbonyl (C=O) groups excluding carboxylic acids is 2. The van der Waals surface area contributed by atoms with E-state index in [1.54, 1.807) is 6.92 Å². The highest BCUT2D eigenvalue weighted by Gasteiger charge is 2.46. The van der Waals surface area contributed by atoms with Gasteiger partial charge in [0.15, 0.2) is 5.84 Å². The summed E-state index contributed by atoms with van der Waals surface area (Å²) in [7, 11) is -2.07. The lowest BCUT2D eigenvalue weighted by Crippen LogP contribution is -2.58. The first kappa shape index (κ1) is 27.8. The van der Waals surface area contributed by atoms with Crippen LogP contribution in [-0.2, 0) is 38.8 Å². The van der Waals surface area contributed by atoms with Crippen molar-refractivity contribution < 1.29 is 42.2 Å². The maximum absolute atomic E-state index is 13.0. The van der Waals surface area contributed by atoms with Gasteiger partial charge in [0.1, 0.15) is 5.60 Å². The van der Waals surface area contributed by atoms with Crippen molar-refractivity contribution in [3.05, 3.63) is 11.8 Å². The minimum atomic E-state index is -4.49. The quantitative estimate of drug-likeness (QED) is 0.0798. The predicted molar refractivity (Wildman–Crippen MR) is 112 cm³/mol. The molecule has 32 heavy (non-hydrogen) atoms. The Hall–Kier alpha value is -2.26. The van der Waals surface area contributed by atoms with Crippen LogP contribution >= 0.6 is 0 Å². The fourth-order valence-corrected chi connectivity index (χ4v) is 3.62. The number of nitrogens with zero attached hydrogens (tertiary/aromatic N) is 2. The Morgan fingerprint density at radius 1 is 1.16 bits per heavy atom. The van der Waals surface area contributed by atoms with Crippen LogP contribution in [0.25, 0.3) is 0 Å². The van der Waals surface area contributed by atoms with Crippen LogP contribution in [-0.4, -0.2) is 99.3 Å². The molecule has 0 aromatic carbocycles. The van der Waals surface area contributed by atoms with Gasteiger partial charge in [-0.15, -0.1) is 0 Å². The summed E-state index contributed by atoms with van der Waals surface area (Å²) >= 11 is 0. The molecular weight excluding hydrogens is 448 g/mol. The molecular formula is C18H32N4O9S. The number of hydrogen-bond acceptors (Lipinski definition) is 11. The van der Waals surface area contributed by atoms with Crippen molar-refractivity contribution in [2.45, 2.75) is 32.3 Å². The third-order valence-electron chi connectivity index (χ3n) is 4.36. The number of aliphatic hydroxyl groups excluding tert-OH is 1. The molecule has 1 aliphatic rings. The number of aliphatic hydroxyl groups is 1. The SMILES string of the molecule is CCOC(=O)C=C(ON(C(=N)C1(OCCO)CCNCC1)S(=O)(=O)N(C)C)C(=O)OCC. The van der Waals surface area contributed by atoms with Gasteiger partial charge in [0.2, 0.25) is 5.76 Å². The van der Waals surface area contributed by atoms with Crippen molar-refractivity contribution >= 4 is 28.0 Å². The summed E-state index contributed by atoms with van der Waals surface area (Å²) in [5.74, 6) is -3.49. The monoisotopic (exact) mass is 480 g/mol. The number of hydrogen-bond donors (Lipinski definition) is 3. The molecule has 0 unspecified atom stereocenters. The number of carbonyl (C=O) groups is 2. The second kappa shape index (κ2) is 12.7. The van der Waals surface area contributed by atoms with Crippen molar-refractivity contribution in [1.29, 1.82) is 5.41 Å². The lowest BCUT2D eigenvalue weighted by molar-refractivity contribution is -0.149. The van der Waals surface area contributed by atoms with Crippen LogP contribution in [0.3, 0.4) is 0 Å². The molecule has 14 heteroatoms. The molecule has 3 N–H and O–H groups in total. The van der Waals surface area contributed by atoms with Gasteiger partial charge in [0.25, 0.3) is 0 Å². The molecule has 0 amide bonds. The number of rotatable bonds is 12. The number of hydroxylamine groups is 1. The molecule has 1 rings (SSSR count). The Bertz CT molecular complexity index is 792. The first-order chi connectivity index (χ1) is 15.1. The van der Waals surface area contributed by atoms with E-state index in [-0.39, 0.29) is 43.7 Å². The van der Waals surface area contributed by atoms with E-state index in [1.807, 2.05) is 0 Å². The van der Waals surface area contributed by atoms with Crippen molar-refractivity contribution in [1.82, 2.24) is 14.1 Å². The van der Waals surface area contributed by atoms with Crippen LogP contribution in [0.5, 0.6) is 0 Å². The van der Waals surface area contributed by atoms with E-state index in [0.29, 0.717) is 19.2 Å². The number of amidine groups is 1. The van der Waals surface area contributed by atoms with E-state index in [9.17, 15) is 23.1 Å². The molecule has 184 valence electrons. The molecule has 13 nitrogen and oxygen atoms in total. The third kappa shape index (κ3) is 7.13. The molecule has 0 aromatic rings. The fraction of sp³-hybridized carbons (Fsp3) is 0.722. The zero-order valence-corrected chi connectivity index (χ0v) is 19.6. The summed E-state index contributed by atoms with van der Waals surface area (Å²) in [5.41, 5.74) is -1.43. The van der Waals surface area contributed by atoms with E-state index < -0.39 is 39.3 Å². The molecule has 1 aliphatic heterocycles. The Labute approximate surface area is 187 Å². The van der Waals surface area contributed by atoms with Gasteiger partial charge in [0, 0.05) is 14.1 Å². The third-order valence-corrected chi connectivity index (χ3v) is 5.96. The van der Waals surface area contributed by atoms with E-state index in [2.05, 4.69) is 5.32 Å². The van der Waals surface area contributed by atoms with E-state index in [0.717, 1.165) is 4.31 Å². The summed E-state index contributed by atoms with van der Waals surface area (Å²) in [5, 5.41) is 21.0. The topological polar surface area (TPSA) is 168 Å². The molecule has 0 radical (unpaired) electrons. The smallest absolute Gasteiger partial charge is 0.377 e. The van der Waals surface area contributed by atoms with Crippen LogP contribution in [0.1, 0.15) is 26.7 Å². The van der Waals surface area contributed by atoms with Crippen LogP contribution in [0.2, 0.25) is 0 Å². The number of esters is 2. The molecule has 0 saturated carbocycles. The summed E-state index contributed by atoms with van der Waals surface area (Å²) in [6.07, 6.45) is 1.05. The zero-order chi connectivity index (χ0) is 24.4. The van der Waals surface area contributed by atoms with Gasteiger partial charge in [0.05, 0.1) is 32.5 Å². The second-order valence-corrected chi connectivity index (χ2v) is 8.71. The van der Waals surface area contributed by atoms with E-state index >= 15 is 0 Å². The number of piperidine rings is 1. The van der Waals surface area contributed by atoms with E-state index in [1.165, 1.54) is 21.0 Å². The van der Waals surface area contributed by atoms with Gasteiger partial charge in [-0.2, -0.15) is 12.7 Å². The highest BCUT2D eigenvalue weighted by molar-refractivity contribution is 7.87.